The lowest BCUT2D eigenvalue weighted by atomic mass is 10.1. The summed E-state index contributed by atoms with van der Waals surface area (Å²) >= 11 is 0. The van der Waals surface area contributed by atoms with Gasteiger partial charge in [0.2, 0.25) is 0 Å². The first-order chi connectivity index (χ1) is 10.3. The molecule has 0 aliphatic heterocycles. The Morgan fingerprint density at radius 1 is 1.29 bits per heavy atom. The highest BCUT2D eigenvalue weighted by atomic mass is 16.2. The quantitative estimate of drug-likeness (QED) is 0.797. The Labute approximate surface area is 122 Å². The van der Waals surface area contributed by atoms with Gasteiger partial charge in [-0.1, -0.05) is 18.2 Å². The van der Waals surface area contributed by atoms with Gasteiger partial charge in [-0.2, -0.15) is 0 Å². The molecule has 0 aliphatic carbocycles. The Kier molecular flexibility index (Phi) is 3.64. The first-order valence-corrected chi connectivity index (χ1v) is 6.82. The van der Waals surface area contributed by atoms with E-state index in [1.54, 1.807) is 18.1 Å². The Bertz CT molecular complexity index is 751. The Morgan fingerprint density at radius 3 is 2.95 bits per heavy atom. The van der Waals surface area contributed by atoms with Crippen LogP contribution in [0.3, 0.4) is 0 Å². The summed E-state index contributed by atoms with van der Waals surface area (Å²) in [7, 11) is 1.78. The third-order valence-electron chi connectivity index (χ3n) is 3.52. The fourth-order valence-corrected chi connectivity index (χ4v) is 2.33. The molecule has 5 heteroatoms. The summed E-state index contributed by atoms with van der Waals surface area (Å²) < 4.78 is 0. The van der Waals surface area contributed by atoms with Crippen LogP contribution in [-0.2, 0) is 6.42 Å². The number of carbonyl (C=O) groups is 1. The molecule has 0 saturated carbocycles. The van der Waals surface area contributed by atoms with Crippen molar-refractivity contribution >= 4 is 16.8 Å². The molecule has 2 heterocycles. The smallest absolute Gasteiger partial charge is 0.273 e. The van der Waals surface area contributed by atoms with Crippen LogP contribution < -0.4 is 0 Å². The monoisotopic (exact) mass is 280 g/mol. The van der Waals surface area contributed by atoms with Gasteiger partial charge in [0.25, 0.3) is 5.91 Å². The van der Waals surface area contributed by atoms with Crippen molar-refractivity contribution in [1.29, 1.82) is 0 Å². The maximum Gasteiger partial charge on any atom is 0.273 e. The lowest BCUT2D eigenvalue weighted by Crippen LogP contribution is -2.29. The molecule has 106 valence electrons. The van der Waals surface area contributed by atoms with E-state index in [9.17, 15) is 4.79 Å². The molecule has 0 saturated heterocycles. The maximum absolute atomic E-state index is 12.2. The molecule has 0 bridgehead atoms. The summed E-state index contributed by atoms with van der Waals surface area (Å²) in [5.41, 5.74) is 2.71. The van der Waals surface area contributed by atoms with Gasteiger partial charge in [0.15, 0.2) is 0 Å². The first kappa shape index (κ1) is 13.3. The number of H-pyrrole nitrogens is 1. The molecule has 1 amide bonds. The van der Waals surface area contributed by atoms with Gasteiger partial charge in [-0.25, -0.2) is 4.98 Å². The molecule has 0 radical (unpaired) electrons. The second-order valence-electron chi connectivity index (χ2n) is 4.93. The molecule has 2 aromatic heterocycles. The Hall–Kier alpha value is -2.69. The number of aromatic amines is 1. The minimum absolute atomic E-state index is 0.108. The average Bonchev–Trinajstić information content (AvgIpc) is 2.96. The van der Waals surface area contributed by atoms with Crippen LogP contribution in [0.25, 0.3) is 10.9 Å². The lowest BCUT2D eigenvalue weighted by Gasteiger charge is -2.16. The van der Waals surface area contributed by atoms with Crippen molar-refractivity contribution in [2.24, 2.45) is 0 Å². The van der Waals surface area contributed by atoms with Crippen LogP contribution in [0.2, 0.25) is 0 Å². The number of rotatable bonds is 4. The van der Waals surface area contributed by atoms with E-state index in [0.717, 1.165) is 11.9 Å². The standard InChI is InChI=1S/C16H16N4O/c1-20(16(21)15-11-17-7-8-18-15)9-6-12-10-19-14-5-3-2-4-13(12)14/h2-5,7-8,10-11,19H,6,9H2,1H3. The van der Waals surface area contributed by atoms with Crippen molar-refractivity contribution in [3.05, 3.63) is 60.3 Å². The van der Waals surface area contributed by atoms with E-state index < -0.39 is 0 Å². The Balaban J connectivity index is 1.69. The van der Waals surface area contributed by atoms with Crippen LogP contribution in [0.4, 0.5) is 0 Å². The third-order valence-corrected chi connectivity index (χ3v) is 3.52. The van der Waals surface area contributed by atoms with Gasteiger partial charge in [0, 0.05) is 43.1 Å². The van der Waals surface area contributed by atoms with E-state index in [-0.39, 0.29) is 5.91 Å². The zero-order chi connectivity index (χ0) is 14.7. The van der Waals surface area contributed by atoms with Crippen LogP contribution in [0.5, 0.6) is 0 Å². The normalized spacial score (nSPS) is 10.7. The minimum Gasteiger partial charge on any atom is -0.361 e. The number of para-hydroxylation sites is 1. The zero-order valence-electron chi connectivity index (χ0n) is 11.8. The van der Waals surface area contributed by atoms with Gasteiger partial charge in [-0.05, 0) is 18.1 Å². The highest BCUT2D eigenvalue weighted by molar-refractivity contribution is 5.91. The molecule has 0 spiro atoms. The van der Waals surface area contributed by atoms with Crippen molar-refractivity contribution < 1.29 is 4.79 Å². The molecule has 21 heavy (non-hydrogen) atoms. The lowest BCUT2D eigenvalue weighted by molar-refractivity contribution is 0.0790. The van der Waals surface area contributed by atoms with Crippen molar-refractivity contribution in [2.45, 2.75) is 6.42 Å². The van der Waals surface area contributed by atoms with Gasteiger partial charge < -0.3 is 9.88 Å². The Morgan fingerprint density at radius 2 is 2.14 bits per heavy atom. The number of fused-ring (bicyclic) bond motifs is 1. The van der Waals surface area contributed by atoms with Gasteiger partial charge in [-0.15, -0.1) is 0 Å². The van der Waals surface area contributed by atoms with Gasteiger partial charge >= 0.3 is 0 Å². The van der Waals surface area contributed by atoms with Crippen molar-refractivity contribution in [3.63, 3.8) is 0 Å². The van der Waals surface area contributed by atoms with Gasteiger partial charge in [0.1, 0.15) is 5.69 Å². The molecular weight excluding hydrogens is 264 g/mol. The summed E-state index contributed by atoms with van der Waals surface area (Å²) in [5.74, 6) is -0.108. The number of carbonyl (C=O) groups excluding carboxylic acids is 1. The highest BCUT2D eigenvalue weighted by Gasteiger charge is 2.13. The summed E-state index contributed by atoms with van der Waals surface area (Å²) in [6.07, 6.45) is 7.38. The fourth-order valence-electron chi connectivity index (χ4n) is 2.33. The fraction of sp³-hybridized carbons (Fsp3) is 0.188. The number of hydrogen-bond acceptors (Lipinski definition) is 3. The summed E-state index contributed by atoms with van der Waals surface area (Å²) in [6.45, 7) is 0.636. The van der Waals surface area contributed by atoms with Crippen molar-refractivity contribution in [3.8, 4) is 0 Å². The number of amides is 1. The number of nitrogens with zero attached hydrogens (tertiary/aromatic N) is 3. The number of benzene rings is 1. The van der Waals surface area contributed by atoms with E-state index in [0.29, 0.717) is 12.2 Å². The second-order valence-corrected chi connectivity index (χ2v) is 4.93. The number of nitrogens with one attached hydrogen (secondary N) is 1. The predicted molar refractivity (Wildman–Crippen MR) is 81.0 cm³/mol. The van der Waals surface area contributed by atoms with Crippen LogP contribution in [0.1, 0.15) is 16.1 Å². The summed E-state index contributed by atoms with van der Waals surface area (Å²) in [5, 5.41) is 1.21. The van der Waals surface area contributed by atoms with Crippen LogP contribution in [0, 0.1) is 0 Å². The molecule has 3 aromatic rings. The molecule has 3 rings (SSSR count). The molecule has 5 nitrogen and oxygen atoms in total. The van der Waals surface area contributed by atoms with E-state index in [4.69, 9.17) is 0 Å². The second kappa shape index (κ2) is 5.75. The molecule has 1 aromatic carbocycles. The van der Waals surface area contributed by atoms with Gasteiger partial charge in [-0.3, -0.25) is 9.78 Å². The molecule has 0 atom stereocenters. The van der Waals surface area contributed by atoms with Crippen molar-refractivity contribution in [1.82, 2.24) is 19.9 Å². The van der Waals surface area contributed by atoms with Crippen LogP contribution in [0.15, 0.2) is 49.1 Å². The average molecular weight is 280 g/mol. The van der Waals surface area contributed by atoms with E-state index in [2.05, 4.69) is 21.0 Å². The number of aromatic nitrogens is 3. The topological polar surface area (TPSA) is 61.9 Å². The molecule has 1 N–H and O–H groups in total. The van der Waals surface area contributed by atoms with Crippen LogP contribution in [-0.4, -0.2) is 39.4 Å². The molecular formula is C16H16N4O. The highest BCUT2D eigenvalue weighted by Crippen LogP contribution is 2.18. The summed E-state index contributed by atoms with van der Waals surface area (Å²) in [4.78, 5) is 25.1. The largest absolute Gasteiger partial charge is 0.361 e. The summed E-state index contributed by atoms with van der Waals surface area (Å²) in [6, 6.07) is 8.17. The third kappa shape index (κ3) is 2.76. The number of hydrogen-bond donors (Lipinski definition) is 1. The number of likely N-dealkylation sites (N-methyl/N-ethyl adjacent to an activating group) is 1. The first-order valence-electron chi connectivity index (χ1n) is 6.82. The SMILES string of the molecule is CN(CCc1c[nH]c2ccccc12)C(=O)c1cnccn1. The van der Waals surface area contributed by atoms with E-state index >= 15 is 0 Å². The van der Waals surface area contributed by atoms with Crippen molar-refractivity contribution in [2.75, 3.05) is 13.6 Å². The van der Waals surface area contributed by atoms with Gasteiger partial charge in [0.05, 0.1) is 6.20 Å². The predicted octanol–water partition coefficient (Wildman–Crippen LogP) is 2.27. The van der Waals surface area contributed by atoms with Crippen LogP contribution >= 0.6 is 0 Å². The zero-order valence-corrected chi connectivity index (χ0v) is 11.8. The molecule has 0 fully saturated rings. The molecule has 0 aliphatic rings. The van der Waals surface area contributed by atoms with E-state index in [1.165, 1.54) is 23.3 Å². The van der Waals surface area contributed by atoms with E-state index in [1.807, 2.05) is 24.4 Å². The molecule has 0 unspecified atom stereocenters. The maximum atomic E-state index is 12.2. The minimum atomic E-state index is -0.108.